The Kier molecular flexibility index (Phi) is 6.42. The van der Waals surface area contributed by atoms with Gasteiger partial charge in [0.25, 0.3) is 0 Å². The van der Waals surface area contributed by atoms with Crippen molar-refractivity contribution in [3.63, 3.8) is 0 Å². The molecular formula is C21H22ClN3O2S. The molecule has 0 spiro atoms. The van der Waals surface area contributed by atoms with Gasteiger partial charge in [0.15, 0.2) is 5.17 Å². The fourth-order valence-corrected chi connectivity index (χ4v) is 4.16. The van der Waals surface area contributed by atoms with E-state index in [1.807, 2.05) is 31.2 Å². The van der Waals surface area contributed by atoms with E-state index >= 15 is 0 Å². The van der Waals surface area contributed by atoms with Crippen LogP contribution in [0.1, 0.15) is 24.5 Å². The molecule has 0 radical (unpaired) electrons. The van der Waals surface area contributed by atoms with Gasteiger partial charge < -0.3 is 5.32 Å². The summed E-state index contributed by atoms with van der Waals surface area (Å²) in [5.41, 5.74) is 3.49. The summed E-state index contributed by atoms with van der Waals surface area (Å²) < 4.78 is 0. The number of carbonyl (C=O) groups is 2. The first kappa shape index (κ1) is 20.4. The number of halogens is 1. The van der Waals surface area contributed by atoms with Crippen LogP contribution in [0.25, 0.3) is 0 Å². The third-order valence-corrected chi connectivity index (χ3v) is 6.26. The number of hydrogen-bond acceptors (Lipinski definition) is 4. The van der Waals surface area contributed by atoms with E-state index in [2.05, 4.69) is 17.2 Å². The van der Waals surface area contributed by atoms with Gasteiger partial charge in [0.2, 0.25) is 11.8 Å². The molecule has 0 aromatic heterocycles. The summed E-state index contributed by atoms with van der Waals surface area (Å²) in [5.74, 6) is -0.343. The van der Waals surface area contributed by atoms with Gasteiger partial charge in [0.05, 0.1) is 5.69 Å². The summed E-state index contributed by atoms with van der Waals surface area (Å²) >= 11 is 7.41. The number of amides is 2. The van der Waals surface area contributed by atoms with E-state index in [4.69, 9.17) is 11.6 Å². The maximum absolute atomic E-state index is 12.5. The van der Waals surface area contributed by atoms with Crippen LogP contribution in [0.3, 0.4) is 0 Å². The van der Waals surface area contributed by atoms with Crippen molar-refractivity contribution >= 4 is 51.7 Å². The lowest BCUT2D eigenvalue weighted by Crippen LogP contribution is -2.30. The van der Waals surface area contributed by atoms with Gasteiger partial charge in [0.1, 0.15) is 5.25 Å². The van der Waals surface area contributed by atoms with Crippen molar-refractivity contribution in [1.82, 2.24) is 4.90 Å². The number of aliphatic imine (C=N–C) groups is 1. The molecule has 0 bridgehead atoms. The van der Waals surface area contributed by atoms with Crippen LogP contribution < -0.4 is 5.32 Å². The molecule has 0 saturated carbocycles. The van der Waals surface area contributed by atoms with Crippen LogP contribution >= 0.6 is 23.4 Å². The second-order valence-electron chi connectivity index (χ2n) is 6.58. The SMILES string of the molecule is CCc1ccc(N=C2SC(CC(=O)Nc3cccc(Cl)c3C)C(=O)N2C)cc1. The first-order valence-electron chi connectivity index (χ1n) is 9.06. The van der Waals surface area contributed by atoms with Gasteiger partial charge >= 0.3 is 0 Å². The first-order chi connectivity index (χ1) is 13.4. The minimum atomic E-state index is -0.488. The predicted octanol–water partition coefficient (Wildman–Crippen LogP) is 4.80. The topological polar surface area (TPSA) is 61.8 Å². The largest absolute Gasteiger partial charge is 0.326 e. The molecule has 1 aliphatic rings. The Bertz CT molecular complexity index is 928. The van der Waals surface area contributed by atoms with E-state index in [1.54, 1.807) is 25.2 Å². The fraction of sp³-hybridized carbons (Fsp3) is 0.286. The number of rotatable bonds is 5. The standard InChI is InChI=1S/C21H22ClN3O2S/c1-4-14-8-10-15(11-9-14)23-21-25(3)20(27)18(28-21)12-19(26)24-17-7-5-6-16(22)13(17)2/h5-11,18H,4,12H2,1-3H3,(H,24,26). The highest BCUT2D eigenvalue weighted by atomic mass is 35.5. The molecule has 3 rings (SSSR count). The van der Waals surface area contributed by atoms with Crippen molar-refractivity contribution in [3.8, 4) is 0 Å². The number of aryl methyl sites for hydroxylation is 1. The van der Waals surface area contributed by atoms with Crippen LogP contribution in [0.2, 0.25) is 5.02 Å². The third kappa shape index (κ3) is 4.56. The van der Waals surface area contributed by atoms with Crippen LogP contribution in [-0.4, -0.2) is 34.2 Å². The van der Waals surface area contributed by atoms with Gasteiger partial charge in [0, 0.05) is 24.2 Å². The smallest absolute Gasteiger partial charge is 0.242 e. The van der Waals surface area contributed by atoms with Gasteiger partial charge in [-0.1, -0.05) is 48.5 Å². The summed E-state index contributed by atoms with van der Waals surface area (Å²) in [6, 6.07) is 13.3. The predicted molar refractivity (Wildman–Crippen MR) is 116 cm³/mol. The maximum Gasteiger partial charge on any atom is 0.242 e. The number of carbonyl (C=O) groups excluding carboxylic acids is 2. The second kappa shape index (κ2) is 8.80. The zero-order valence-electron chi connectivity index (χ0n) is 16.0. The first-order valence-corrected chi connectivity index (χ1v) is 10.3. The highest BCUT2D eigenvalue weighted by molar-refractivity contribution is 8.15. The van der Waals surface area contributed by atoms with E-state index in [0.717, 1.165) is 17.7 Å². The van der Waals surface area contributed by atoms with E-state index in [1.165, 1.54) is 22.2 Å². The van der Waals surface area contributed by atoms with Crippen molar-refractivity contribution in [3.05, 3.63) is 58.6 Å². The van der Waals surface area contributed by atoms with Crippen LogP contribution in [0.5, 0.6) is 0 Å². The normalized spacial score (nSPS) is 18.0. The Labute approximate surface area is 174 Å². The molecule has 146 valence electrons. The van der Waals surface area contributed by atoms with Gasteiger partial charge in [-0.15, -0.1) is 0 Å². The van der Waals surface area contributed by atoms with Crippen LogP contribution in [0.4, 0.5) is 11.4 Å². The molecule has 2 aromatic carbocycles. The van der Waals surface area contributed by atoms with Crippen molar-refractivity contribution in [2.75, 3.05) is 12.4 Å². The van der Waals surface area contributed by atoms with Crippen molar-refractivity contribution in [1.29, 1.82) is 0 Å². The van der Waals surface area contributed by atoms with E-state index in [0.29, 0.717) is 15.9 Å². The van der Waals surface area contributed by atoms with Crippen molar-refractivity contribution in [2.45, 2.75) is 31.9 Å². The zero-order valence-corrected chi connectivity index (χ0v) is 17.6. The molecule has 5 nitrogen and oxygen atoms in total. The van der Waals surface area contributed by atoms with Crippen molar-refractivity contribution in [2.24, 2.45) is 4.99 Å². The molecule has 1 aliphatic heterocycles. The lowest BCUT2D eigenvalue weighted by molar-refractivity contribution is -0.127. The average molecular weight is 416 g/mol. The molecule has 7 heteroatoms. The monoisotopic (exact) mass is 415 g/mol. The van der Waals surface area contributed by atoms with E-state index in [9.17, 15) is 9.59 Å². The lowest BCUT2D eigenvalue weighted by atomic mass is 10.2. The highest BCUT2D eigenvalue weighted by Gasteiger charge is 2.37. The van der Waals surface area contributed by atoms with Gasteiger partial charge in [-0.25, -0.2) is 4.99 Å². The quantitative estimate of drug-likeness (QED) is 0.762. The fourth-order valence-electron chi connectivity index (χ4n) is 2.83. The molecule has 1 saturated heterocycles. The van der Waals surface area contributed by atoms with E-state index in [-0.39, 0.29) is 18.2 Å². The second-order valence-corrected chi connectivity index (χ2v) is 8.16. The lowest BCUT2D eigenvalue weighted by Gasteiger charge is -2.11. The summed E-state index contributed by atoms with van der Waals surface area (Å²) in [6.45, 7) is 3.94. The summed E-state index contributed by atoms with van der Waals surface area (Å²) in [5, 5.41) is 3.55. The molecule has 2 amide bonds. The number of hydrogen-bond donors (Lipinski definition) is 1. The Hall–Kier alpha value is -2.31. The van der Waals surface area contributed by atoms with Gasteiger partial charge in [-0.05, 0) is 48.7 Å². The number of benzene rings is 2. The maximum atomic E-state index is 12.5. The number of anilines is 1. The van der Waals surface area contributed by atoms with Crippen LogP contribution in [0, 0.1) is 6.92 Å². The number of amidine groups is 1. The summed E-state index contributed by atoms with van der Waals surface area (Å²) in [6.07, 6.45) is 1.04. The summed E-state index contributed by atoms with van der Waals surface area (Å²) in [7, 11) is 1.69. The minimum Gasteiger partial charge on any atom is -0.326 e. The molecule has 1 N–H and O–H groups in total. The Morgan fingerprint density at radius 3 is 2.64 bits per heavy atom. The average Bonchev–Trinajstić information content (AvgIpc) is 2.94. The zero-order chi connectivity index (χ0) is 20.3. The van der Waals surface area contributed by atoms with Gasteiger partial charge in [-0.2, -0.15) is 0 Å². The molecule has 1 atom stereocenters. The number of thioether (sulfide) groups is 1. The molecule has 2 aromatic rings. The Balaban J connectivity index is 1.68. The van der Waals surface area contributed by atoms with Crippen molar-refractivity contribution < 1.29 is 9.59 Å². The van der Waals surface area contributed by atoms with Gasteiger partial charge in [-0.3, -0.25) is 14.5 Å². The molecule has 1 unspecified atom stereocenters. The molecular weight excluding hydrogens is 394 g/mol. The van der Waals surface area contributed by atoms with Crippen LogP contribution in [-0.2, 0) is 16.0 Å². The molecule has 1 fully saturated rings. The molecule has 0 aliphatic carbocycles. The summed E-state index contributed by atoms with van der Waals surface area (Å²) in [4.78, 5) is 31.1. The highest BCUT2D eigenvalue weighted by Crippen LogP contribution is 2.31. The molecule has 1 heterocycles. The van der Waals surface area contributed by atoms with Crippen LogP contribution in [0.15, 0.2) is 47.5 Å². The Morgan fingerprint density at radius 2 is 1.96 bits per heavy atom. The molecule has 28 heavy (non-hydrogen) atoms. The van der Waals surface area contributed by atoms with E-state index < -0.39 is 5.25 Å². The third-order valence-electron chi connectivity index (χ3n) is 4.62. The number of nitrogens with one attached hydrogen (secondary N) is 1. The Morgan fingerprint density at radius 1 is 1.25 bits per heavy atom. The minimum absolute atomic E-state index is 0.0770. The number of nitrogens with zero attached hydrogens (tertiary/aromatic N) is 2.